The summed E-state index contributed by atoms with van der Waals surface area (Å²) in [5.74, 6) is 0. The van der Waals surface area contributed by atoms with E-state index < -0.39 is 0 Å². The van der Waals surface area contributed by atoms with E-state index in [1.54, 1.807) is 11.3 Å². The highest BCUT2D eigenvalue weighted by molar-refractivity contribution is 7.24. The van der Waals surface area contributed by atoms with Gasteiger partial charge in [-0.05, 0) is 76.9 Å². The fourth-order valence-electron chi connectivity index (χ4n) is 6.53. The number of hydrogen-bond acceptors (Lipinski definition) is 3. The van der Waals surface area contributed by atoms with Crippen LogP contribution >= 0.6 is 11.3 Å². The van der Waals surface area contributed by atoms with Crippen LogP contribution in [-0.2, 0) is 10.8 Å². The number of rotatable bonds is 3. The lowest BCUT2D eigenvalue weighted by molar-refractivity contribution is 0.522. The van der Waals surface area contributed by atoms with Gasteiger partial charge in [-0.1, -0.05) is 88.4 Å². The van der Waals surface area contributed by atoms with Gasteiger partial charge >= 0.3 is 0 Å². The van der Waals surface area contributed by atoms with E-state index in [-0.39, 0.29) is 16.3 Å². The minimum absolute atomic E-state index is 0.0990. The first-order valence-electron chi connectivity index (χ1n) is 13.8. The number of nitrogens with zero attached hydrogens (tertiary/aromatic N) is 1. The van der Waals surface area contributed by atoms with E-state index in [0.717, 1.165) is 37.2 Å². The van der Waals surface area contributed by atoms with Crippen molar-refractivity contribution in [2.24, 2.45) is 0 Å². The summed E-state index contributed by atoms with van der Waals surface area (Å²) < 4.78 is 2.06. The summed E-state index contributed by atoms with van der Waals surface area (Å²) in [5.41, 5.74) is 8.12. The summed E-state index contributed by atoms with van der Waals surface area (Å²) in [6.07, 6.45) is 0. The maximum Gasteiger partial charge on any atom is 0.195 e. The average molecular weight is 538 g/mol. The molecule has 196 valence electrons. The van der Waals surface area contributed by atoms with Crippen LogP contribution in [0.2, 0.25) is 0 Å². The summed E-state index contributed by atoms with van der Waals surface area (Å²) in [6, 6.07) is 40.2. The van der Waals surface area contributed by atoms with Crippen molar-refractivity contribution in [3.63, 3.8) is 0 Å². The molecule has 0 radical (unpaired) electrons. The number of para-hydroxylation sites is 2. The second-order valence-electron chi connectivity index (χ2n) is 11.8. The zero-order valence-electron chi connectivity index (χ0n) is 23.2. The molecule has 5 aromatic carbocycles. The Morgan fingerprint density at radius 2 is 1.00 bits per heavy atom. The summed E-state index contributed by atoms with van der Waals surface area (Å²) in [4.78, 5) is 16.4. The third-order valence-electron chi connectivity index (χ3n) is 8.70. The number of fused-ring (bicyclic) bond motifs is 4. The zero-order chi connectivity index (χ0) is 27.6. The van der Waals surface area contributed by atoms with Crippen LogP contribution in [-0.4, -0.2) is 0 Å². The molecule has 0 amide bonds. The monoisotopic (exact) mass is 537 g/mol. The standard InChI is InChI=1S/C37H31NOS/c1-36(2)29-17-11-12-18-30(29)37(3,4)32-23-34-28(22-31(32)36)35(39)27-21-26(19-20-33(27)40-34)38(24-13-7-5-8-14-24)25-15-9-6-10-16-25/h5-23H,1-4H3. The molecule has 0 fully saturated rings. The highest BCUT2D eigenvalue weighted by Gasteiger charge is 2.41. The van der Waals surface area contributed by atoms with Crippen molar-refractivity contribution in [1.82, 2.24) is 0 Å². The molecule has 0 saturated heterocycles. The lowest BCUT2D eigenvalue weighted by Crippen LogP contribution is -2.36. The van der Waals surface area contributed by atoms with Crippen molar-refractivity contribution >= 4 is 48.6 Å². The first kappa shape index (κ1) is 24.8. The van der Waals surface area contributed by atoms with Gasteiger partial charge in [0.2, 0.25) is 0 Å². The highest BCUT2D eigenvalue weighted by Crippen LogP contribution is 2.50. The molecule has 0 saturated carbocycles. The van der Waals surface area contributed by atoms with Gasteiger partial charge < -0.3 is 4.90 Å². The predicted octanol–water partition coefficient (Wildman–Crippen LogP) is 9.85. The molecule has 0 aliphatic heterocycles. The van der Waals surface area contributed by atoms with Crippen molar-refractivity contribution in [3.05, 3.63) is 148 Å². The van der Waals surface area contributed by atoms with Gasteiger partial charge in [0.25, 0.3) is 0 Å². The SMILES string of the molecule is CC1(C)c2ccccc2C(C)(C)c2cc3c(=O)c4cc(N(c5ccccc5)c5ccccc5)ccc4sc3cc21. The van der Waals surface area contributed by atoms with E-state index in [1.807, 2.05) is 36.4 Å². The Morgan fingerprint density at radius 1 is 0.500 bits per heavy atom. The fourth-order valence-corrected chi connectivity index (χ4v) is 7.60. The molecule has 0 atom stereocenters. The molecule has 1 aromatic heterocycles. The molecule has 1 aliphatic carbocycles. The van der Waals surface area contributed by atoms with E-state index in [9.17, 15) is 4.79 Å². The van der Waals surface area contributed by atoms with Gasteiger partial charge in [0.1, 0.15) is 0 Å². The van der Waals surface area contributed by atoms with Gasteiger partial charge in [0, 0.05) is 48.1 Å². The van der Waals surface area contributed by atoms with E-state index in [4.69, 9.17) is 0 Å². The maximum atomic E-state index is 14.2. The summed E-state index contributed by atoms with van der Waals surface area (Å²) in [7, 11) is 0. The first-order valence-corrected chi connectivity index (χ1v) is 14.6. The van der Waals surface area contributed by atoms with Crippen LogP contribution in [0.1, 0.15) is 49.9 Å². The molecule has 3 heteroatoms. The van der Waals surface area contributed by atoms with Crippen molar-refractivity contribution in [3.8, 4) is 0 Å². The van der Waals surface area contributed by atoms with Crippen LogP contribution in [0.3, 0.4) is 0 Å². The lowest BCUT2D eigenvalue weighted by atomic mass is 9.60. The molecule has 0 unspecified atom stereocenters. The van der Waals surface area contributed by atoms with Crippen LogP contribution in [0, 0.1) is 0 Å². The summed E-state index contributed by atoms with van der Waals surface area (Å²) in [5, 5.41) is 1.57. The third-order valence-corrected chi connectivity index (χ3v) is 9.83. The van der Waals surface area contributed by atoms with Crippen LogP contribution in [0.15, 0.2) is 120 Å². The topological polar surface area (TPSA) is 20.3 Å². The molecule has 0 spiro atoms. The van der Waals surface area contributed by atoms with Crippen LogP contribution in [0.4, 0.5) is 17.1 Å². The molecule has 0 N–H and O–H groups in total. The summed E-state index contributed by atoms with van der Waals surface area (Å²) in [6.45, 7) is 9.19. The van der Waals surface area contributed by atoms with E-state index >= 15 is 0 Å². The molecular weight excluding hydrogens is 506 g/mol. The van der Waals surface area contributed by atoms with Gasteiger partial charge in [-0.2, -0.15) is 0 Å². The van der Waals surface area contributed by atoms with Gasteiger partial charge in [0.15, 0.2) is 5.43 Å². The Labute approximate surface area is 239 Å². The zero-order valence-corrected chi connectivity index (χ0v) is 24.0. The minimum Gasteiger partial charge on any atom is -0.310 e. The Kier molecular flexibility index (Phi) is 5.52. The van der Waals surface area contributed by atoms with Crippen LogP contribution in [0.5, 0.6) is 0 Å². The average Bonchev–Trinajstić information content (AvgIpc) is 2.98. The second kappa shape index (κ2) is 8.90. The fraction of sp³-hybridized carbons (Fsp3) is 0.162. The Bertz CT molecular complexity index is 1930. The smallest absolute Gasteiger partial charge is 0.195 e. The molecule has 40 heavy (non-hydrogen) atoms. The Morgan fingerprint density at radius 3 is 1.57 bits per heavy atom. The molecule has 6 aromatic rings. The van der Waals surface area contributed by atoms with Crippen LogP contribution < -0.4 is 10.3 Å². The second-order valence-corrected chi connectivity index (χ2v) is 12.9. The van der Waals surface area contributed by atoms with E-state index in [0.29, 0.717) is 0 Å². The highest BCUT2D eigenvalue weighted by atomic mass is 32.1. The third kappa shape index (κ3) is 3.65. The van der Waals surface area contributed by atoms with Crippen molar-refractivity contribution in [2.75, 3.05) is 4.90 Å². The molecule has 2 nitrogen and oxygen atoms in total. The normalized spacial score (nSPS) is 15.0. The Hall–Kier alpha value is -4.21. The van der Waals surface area contributed by atoms with Crippen LogP contribution in [0.25, 0.3) is 20.2 Å². The van der Waals surface area contributed by atoms with Crippen molar-refractivity contribution in [1.29, 1.82) is 0 Å². The predicted molar refractivity (Wildman–Crippen MR) is 171 cm³/mol. The Balaban J connectivity index is 1.46. The van der Waals surface area contributed by atoms with Gasteiger partial charge in [-0.15, -0.1) is 11.3 Å². The molecule has 0 bridgehead atoms. The summed E-state index contributed by atoms with van der Waals surface area (Å²) >= 11 is 1.71. The van der Waals surface area contributed by atoms with Gasteiger partial charge in [0.05, 0.1) is 0 Å². The van der Waals surface area contributed by atoms with Crippen molar-refractivity contribution in [2.45, 2.75) is 38.5 Å². The molecule has 7 rings (SSSR count). The molecule has 1 heterocycles. The van der Waals surface area contributed by atoms with E-state index in [1.165, 1.54) is 22.3 Å². The first-order chi connectivity index (χ1) is 19.3. The minimum atomic E-state index is -0.193. The maximum absolute atomic E-state index is 14.2. The lowest BCUT2D eigenvalue weighted by Gasteiger charge is -2.44. The quantitative estimate of drug-likeness (QED) is 0.209. The number of anilines is 3. The molecule has 1 aliphatic rings. The number of hydrogen-bond donors (Lipinski definition) is 0. The van der Waals surface area contributed by atoms with Crippen molar-refractivity contribution < 1.29 is 0 Å². The van der Waals surface area contributed by atoms with Gasteiger partial charge in [-0.25, -0.2) is 0 Å². The number of benzene rings is 5. The van der Waals surface area contributed by atoms with Gasteiger partial charge in [-0.3, -0.25) is 4.79 Å². The largest absolute Gasteiger partial charge is 0.310 e. The van der Waals surface area contributed by atoms with E-state index in [2.05, 4.69) is 111 Å². The molecular formula is C37H31NOS.